The molecule has 0 amide bonds. The molecule has 0 aromatic carbocycles. The summed E-state index contributed by atoms with van der Waals surface area (Å²) in [7, 11) is 0. The highest BCUT2D eigenvalue weighted by atomic mass is 15.1. The molecule has 1 nitrogen and oxygen atoms in total. The third-order valence-electron chi connectivity index (χ3n) is 2.31. The molecular formula is C10H17N. The molecule has 0 spiro atoms. The van der Waals surface area contributed by atoms with E-state index in [1.54, 1.807) is 0 Å². The summed E-state index contributed by atoms with van der Waals surface area (Å²) in [6.07, 6.45) is 7.73. The van der Waals surface area contributed by atoms with Gasteiger partial charge in [0.15, 0.2) is 0 Å². The third-order valence-corrected chi connectivity index (χ3v) is 2.31. The number of likely N-dealkylation sites (N-methyl/N-ethyl adjacent to an activating group) is 1. The minimum Gasteiger partial charge on any atom is -0.371 e. The molecule has 0 saturated carbocycles. The average Bonchev–Trinajstić information content (AvgIpc) is 2.04. The molecule has 1 heterocycles. The zero-order valence-corrected chi connectivity index (χ0v) is 7.67. The highest BCUT2D eigenvalue weighted by Gasteiger charge is 2.14. The Morgan fingerprint density at radius 1 is 1.45 bits per heavy atom. The lowest BCUT2D eigenvalue weighted by Crippen LogP contribution is -2.32. The molecule has 0 aromatic heterocycles. The minimum absolute atomic E-state index is 0.644. The Bertz CT molecular complexity index is 179. The van der Waals surface area contributed by atoms with Gasteiger partial charge in [-0.25, -0.2) is 0 Å². The summed E-state index contributed by atoms with van der Waals surface area (Å²) in [5.41, 5.74) is 1.48. The van der Waals surface area contributed by atoms with Gasteiger partial charge in [-0.15, -0.1) is 0 Å². The quantitative estimate of drug-likeness (QED) is 0.586. The molecule has 0 saturated heterocycles. The van der Waals surface area contributed by atoms with Gasteiger partial charge in [0.05, 0.1) is 0 Å². The summed E-state index contributed by atoms with van der Waals surface area (Å²) in [6.45, 7) is 7.76. The van der Waals surface area contributed by atoms with Crippen molar-refractivity contribution in [1.82, 2.24) is 4.90 Å². The van der Waals surface area contributed by atoms with Crippen molar-refractivity contribution >= 4 is 0 Å². The van der Waals surface area contributed by atoms with Crippen LogP contribution in [0.2, 0.25) is 0 Å². The van der Waals surface area contributed by atoms with Gasteiger partial charge in [-0.2, -0.15) is 0 Å². The maximum Gasteiger partial charge on any atom is 0.0494 e. The van der Waals surface area contributed by atoms with Gasteiger partial charge in [0.25, 0.3) is 0 Å². The minimum atomic E-state index is 0.644. The SMILES string of the molecule is CCC1C(C)=CC=CN1CC. The molecule has 0 aromatic rings. The van der Waals surface area contributed by atoms with Crippen molar-refractivity contribution in [2.75, 3.05) is 6.54 Å². The van der Waals surface area contributed by atoms with Crippen LogP contribution < -0.4 is 0 Å². The Kier molecular flexibility index (Phi) is 2.75. The lowest BCUT2D eigenvalue weighted by atomic mass is 10.0. The summed E-state index contributed by atoms with van der Waals surface area (Å²) >= 11 is 0. The van der Waals surface area contributed by atoms with Gasteiger partial charge in [0, 0.05) is 12.6 Å². The fourth-order valence-electron chi connectivity index (χ4n) is 1.66. The Balaban J connectivity index is 2.70. The zero-order valence-electron chi connectivity index (χ0n) is 7.67. The van der Waals surface area contributed by atoms with Gasteiger partial charge >= 0.3 is 0 Å². The molecule has 0 bridgehead atoms. The molecule has 1 heteroatoms. The maximum atomic E-state index is 2.38. The average molecular weight is 151 g/mol. The van der Waals surface area contributed by atoms with Gasteiger partial charge in [-0.1, -0.05) is 18.6 Å². The number of allylic oxidation sites excluding steroid dienone is 2. The second-order valence-electron chi connectivity index (χ2n) is 3.01. The number of hydrogen-bond donors (Lipinski definition) is 0. The predicted molar refractivity (Wildman–Crippen MR) is 49.4 cm³/mol. The largest absolute Gasteiger partial charge is 0.371 e. The van der Waals surface area contributed by atoms with E-state index >= 15 is 0 Å². The van der Waals surface area contributed by atoms with Crippen LogP contribution in [0.4, 0.5) is 0 Å². The van der Waals surface area contributed by atoms with Gasteiger partial charge < -0.3 is 4.90 Å². The van der Waals surface area contributed by atoms with Crippen molar-refractivity contribution in [2.45, 2.75) is 33.2 Å². The van der Waals surface area contributed by atoms with E-state index in [1.165, 1.54) is 12.0 Å². The van der Waals surface area contributed by atoms with Crippen LogP contribution in [-0.2, 0) is 0 Å². The molecule has 1 atom stereocenters. The predicted octanol–water partition coefficient (Wildman–Crippen LogP) is 2.56. The van der Waals surface area contributed by atoms with E-state index in [2.05, 4.69) is 44.0 Å². The van der Waals surface area contributed by atoms with E-state index in [4.69, 9.17) is 0 Å². The molecule has 1 aliphatic rings. The fraction of sp³-hybridized carbons (Fsp3) is 0.600. The van der Waals surface area contributed by atoms with E-state index in [0.29, 0.717) is 6.04 Å². The summed E-state index contributed by atoms with van der Waals surface area (Å²) in [5, 5.41) is 0. The van der Waals surface area contributed by atoms with Crippen LogP contribution >= 0.6 is 0 Å². The number of rotatable bonds is 2. The van der Waals surface area contributed by atoms with Gasteiger partial charge in [-0.3, -0.25) is 0 Å². The first-order valence-corrected chi connectivity index (χ1v) is 4.40. The van der Waals surface area contributed by atoms with Crippen LogP contribution in [0.5, 0.6) is 0 Å². The molecule has 0 N–H and O–H groups in total. The molecule has 0 aliphatic carbocycles. The highest BCUT2D eigenvalue weighted by Crippen LogP contribution is 2.17. The summed E-state index contributed by atoms with van der Waals surface area (Å²) < 4.78 is 0. The maximum absolute atomic E-state index is 2.38. The van der Waals surface area contributed by atoms with E-state index < -0.39 is 0 Å². The molecule has 1 aliphatic heterocycles. The van der Waals surface area contributed by atoms with E-state index in [1.807, 2.05) is 0 Å². The molecule has 62 valence electrons. The second-order valence-corrected chi connectivity index (χ2v) is 3.01. The van der Waals surface area contributed by atoms with Crippen molar-refractivity contribution in [3.8, 4) is 0 Å². The Labute approximate surface area is 69.4 Å². The van der Waals surface area contributed by atoms with Crippen molar-refractivity contribution in [3.05, 3.63) is 23.9 Å². The molecule has 0 radical (unpaired) electrons. The van der Waals surface area contributed by atoms with E-state index in [-0.39, 0.29) is 0 Å². The smallest absolute Gasteiger partial charge is 0.0494 e. The Hall–Kier alpha value is -0.720. The van der Waals surface area contributed by atoms with Crippen molar-refractivity contribution in [1.29, 1.82) is 0 Å². The van der Waals surface area contributed by atoms with Crippen LogP contribution in [0, 0.1) is 0 Å². The van der Waals surface area contributed by atoms with Crippen LogP contribution in [0.25, 0.3) is 0 Å². The number of hydrogen-bond acceptors (Lipinski definition) is 1. The lowest BCUT2D eigenvalue weighted by molar-refractivity contribution is 0.311. The van der Waals surface area contributed by atoms with Crippen LogP contribution in [0.1, 0.15) is 27.2 Å². The third kappa shape index (κ3) is 1.65. The topological polar surface area (TPSA) is 3.24 Å². The lowest BCUT2D eigenvalue weighted by Gasteiger charge is -2.31. The van der Waals surface area contributed by atoms with E-state index in [9.17, 15) is 0 Å². The molecule has 11 heavy (non-hydrogen) atoms. The van der Waals surface area contributed by atoms with Gasteiger partial charge in [-0.05, 0) is 32.5 Å². The summed E-state index contributed by atoms with van der Waals surface area (Å²) in [4.78, 5) is 2.38. The first kappa shape index (κ1) is 8.38. The monoisotopic (exact) mass is 151 g/mol. The van der Waals surface area contributed by atoms with Crippen molar-refractivity contribution < 1.29 is 0 Å². The highest BCUT2D eigenvalue weighted by molar-refractivity contribution is 5.21. The standard InChI is InChI=1S/C10H17N/c1-4-10-9(3)7-6-8-11(10)5-2/h6-8,10H,4-5H2,1-3H3. The Morgan fingerprint density at radius 2 is 2.18 bits per heavy atom. The molecule has 0 fully saturated rings. The van der Waals surface area contributed by atoms with Crippen LogP contribution in [-0.4, -0.2) is 17.5 Å². The van der Waals surface area contributed by atoms with Gasteiger partial charge in [0.1, 0.15) is 0 Å². The first-order chi connectivity index (χ1) is 5.29. The summed E-state index contributed by atoms with van der Waals surface area (Å²) in [6, 6.07) is 0.644. The van der Waals surface area contributed by atoms with Crippen molar-refractivity contribution in [3.63, 3.8) is 0 Å². The van der Waals surface area contributed by atoms with Gasteiger partial charge in [0.2, 0.25) is 0 Å². The molecule has 1 rings (SSSR count). The van der Waals surface area contributed by atoms with Crippen molar-refractivity contribution in [2.24, 2.45) is 0 Å². The molecular weight excluding hydrogens is 134 g/mol. The fourth-order valence-corrected chi connectivity index (χ4v) is 1.66. The summed E-state index contributed by atoms with van der Waals surface area (Å²) in [5.74, 6) is 0. The first-order valence-electron chi connectivity index (χ1n) is 4.40. The van der Waals surface area contributed by atoms with Crippen LogP contribution in [0.3, 0.4) is 0 Å². The van der Waals surface area contributed by atoms with E-state index in [0.717, 1.165) is 6.54 Å². The second kappa shape index (κ2) is 3.61. The normalized spacial score (nSPS) is 23.7. The molecule has 1 unspecified atom stereocenters. The zero-order chi connectivity index (χ0) is 8.27. The number of nitrogens with zero attached hydrogens (tertiary/aromatic N) is 1. The van der Waals surface area contributed by atoms with Crippen LogP contribution in [0.15, 0.2) is 23.9 Å². The Morgan fingerprint density at radius 3 is 2.64 bits per heavy atom.